The molecular weight excluding hydrogens is 270 g/mol. The molecular formula is C16H17NO4. The molecule has 0 amide bonds. The van der Waals surface area contributed by atoms with Crippen molar-refractivity contribution >= 4 is 11.7 Å². The Labute approximate surface area is 122 Å². The van der Waals surface area contributed by atoms with Crippen molar-refractivity contribution in [3.8, 4) is 11.5 Å². The van der Waals surface area contributed by atoms with Crippen LogP contribution in [0.5, 0.6) is 11.5 Å². The van der Waals surface area contributed by atoms with Crippen LogP contribution in [0.2, 0.25) is 0 Å². The zero-order chi connectivity index (χ0) is 15.1. The van der Waals surface area contributed by atoms with Gasteiger partial charge in [-0.15, -0.1) is 0 Å². The maximum atomic E-state index is 10.8. The Morgan fingerprint density at radius 3 is 2.29 bits per heavy atom. The van der Waals surface area contributed by atoms with Crippen molar-refractivity contribution < 1.29 is 19.4 Å². The van der Waals surface area contributed by atoms with Crippen molar-refractivity contribution in [1.82, 2.24) is 0 Å². The normalized spacial score (nSPS) is 10.1. The molecule has 0 unspecified atom stereocenters. The summed E-state index contributed by atoms with van der Waals surface area (Å²) in [5.41, 5.74) is 5.92. The van der Waals surface area contributed by atoms with Crippen LogP contribution in [0.4, 0.5) is 5.69 Å². The van der Waals surface area contributed by atoms with Crippen molar-refractivity contribution in [2.45, 2.75) is 6.42 Å². The minimum atomic E-state index is -1.05. The van der Waals surface area contributed by atoms with E-state index >= 15 is 0 Å². The lowest BCUT2D eigenvalue weighted by molar-refractivity contribution is 0.0698. The first-order valence-corrected chi connectivity index (χ1v) is 6.60. The third-order valence-electron chi connectivity index (χ3n) is 2.82. The standard InChI is InChI=1S/C16H17NO4/c17-15-11-13(7-8-14(15)16(18)19)21-10-4-9-20-12-5-2-1-3-6-12/h1-3,5-8,11H,4,9-10,17H2,(H,18,19). The Hall–Kier alpha value is -2.69. The average molecular weight is 287 g/mol. The zero-order valence-electron chi connectivity index (χ0n) is 11.5. The Kier molecular flexibility index (Phi) is 5.04. The number of aromatic carboxylic acids is 1. The van der Waals surface area contributed by atoms with Gasteiger partial charge in [-0.2, -0.15) is 0 Å². The first kappa shape index (κ1) is 14.7. The third kappa shape index (κ3) is 4.42. The van der Waals surface area contributed by atoms with Gasteiger partial charge in [0.2, 0.25) is 0 Å². The van der Waals surface area contributed by atoms with Crippen molar-refractivity contribution in [1.29, 1.82) is 0 Å². The number of carboxylic acids is 1. The van der Waals surface area contributed by atoms with E-state index in [9.17, 15) is 4.79 Å². The maximum Gasteiger partial charge on any atom is 0.337 e. The van der Waals surface area contributed by atoms with Crippen molar-refractivity contribution in [3.05, 3.63) is 54.1 Å². The first-order valence-electron chi connectivity index (χ1n) is 6.60. The van der Waals surface area contributed by atoms with Crippen LogP contribution in [0.3, 0.4) is 0 Å². The van der Waals surface area contributed by atoms with Crippen LogP contribution in [-0.4, -0.2) is 24.3 Å². The van der Waals surface area contributed by atoms with E-state index in [2.05, 4.69) is 0 Å². The minimum Gasteiger partial charge on any atom is -0.493 e. The van der Waals surface area contributed by atoms with E-state index in [-0.39, 0.29) is 11.3 Å². The van der Waals surface area contributed by atoms with E-state index < -0.39 is 5.97 Å². The fraction of sp³-hybridized carbons (Fsp3) is 0.188. The lowest BCUT2D eigenvalue weighted by Crippen LogP contribution is -2.06. The lowest BCUT2D eigenvalue weighted by atomic mass is 10.2. The summed E-state index contributed by atoms with van der Waals surface area (Å²) in [7, 11) is 0. The van der Waals surface area contributed by atoms with Crippen LogP contribution in [0.15, 0.2) is 48.5 Å². The van der Waals surface area contributed by atoms with Gasteiger partial charge in [0.1, 0.15) is 11.5 Å². The Balaban J connectivity index is 1.74. The highest BCUT2D eigenvalue weighted by atomic mass is 16.5. The molecule has 0 atom stereocenters. The van der Waals surface area contributed by atoms with Crippen LogP contribution >= 0.6 is 0 Å². The molecule has 3 N–H and O–H groups in total. The molecule has 0 heterocycles. The molecule has 0 radical (unpaired) electrons. The number of benzene rings is 2. The zero-order valence-corrected chi connectivity index (χ0v) is 11.5. The van der Waals surface area contributed by atoms with Gasteiger partial charge in [0.25, 0.3) is 0 Å². The molecule has 0 bridgehead atoms. The highest BCUT2D eigenvalue weighted by Gasteiger charge is 2.08. The van der Waals surface area contributed by atoms with E-state index in [1.807, 2.05) is 30.3 Å². The molecule has 21 heavy (non-hydrogen) atoms. The van der Waals surface area contributed by atoms with Crippen molar-refractivity contribution in [3.63, 3.8) is 0 Å². The van der Waals surface area contributed by atoms with Gasteiger partial charge in [-0.05, 0) is 24.3 Å². The predicted octanol–water partition coefficient (Wildman–Crippen LogP) is 2.81. The maximum absolute atomic E-state index is 10.8. The largest absolute Gasteiger partial charge is 0.493 e. The highest BCUT2D eigenvalue weighted by molar-refractivity contribution is 5.93. The quantitative estimate of drug-likeness (QED) is 0.604. The smallest absolute Gasteiger partial charge is 0.337 e. The van der Waals surface area contributed by atoms with Crippen molar-refractivity contribution in [2.75, 3.05) is 18.9 Å². The molecule has 0 aliphatic heterocycles. The number of rotatable bonds is 7. The Morgan fingerprint density at radius 1 is 1.00 bits per heavy atom. The summed E-state index contributed by atoms with van der Waals surface area (Å²) in [5.74, 6) is 0.333. The van der Waals surface area contributed by atoms with E-state index in [0.29, 0.717) is 19.0 Å². The van der Waals surface area contributed by atoms with Crippen LogP contribution in [0.1, 0.15) is 16.8 Å². The van der Waals surface area contributed by atoms with Gasteiger partial charge in [0.05, 0.1) is 18.8 Å². The summed E-state index contributed by atoms with van der Waals surface area (Å²) in [6, 6.07) is 14.1. The molecule has 0 spiro atoms. The second-order valence-electron chi connectivity index (χ2n) is 4.42. The van der Waals surface area contributed by atoms with E-state index in [4.69, 9.17) is 20.3 Å². The molecule has 0 saturated carbocycles. The van der Waals surface area contributed by atoms with Gasteiger partial charge in [0.15, 0.2) is 0 Å². The second-order valence-corrected chi connectivity index (χ2v) is 4.42. The van der Waals surface area contributed by atoms with Gasteiger partial charge in [-0.25, -0.2) is 4.79 Å². The monoisotopic (exact) mass is 287 g/mol. The summed E-state index contributed by atoms with van der Waals surface area (Å²) in [6.07, 6.45) is 0.718. The fourth-order valence-electron chi connectivity index (χ4n) is 1.78. The molecule has 0 aliphatic carbocycles. The van der Waals surface area contributed by atoms with E-state index in [1.54, 1.807) is 6.07 Å². The van der Waals surface area contributed by atoms with Crippen LogP contribution in [0.25, 0.3) is 0 Å². The fourth-order valence-corrected chi connectivity index (χ4v) is 1.78. The van der Waals surface area contributed by atoms with Crippen LogP contribution in [-0.2, 0) is 0 Å². The minimum absolute atomic E-state index is 0.0785. The molecule has 110 valence electrons. The Bertz CT molecular complexity index is 598. The SMILES string of the molecule is Nc1cc(OCCCOc2ccccc2)ccc1C(=O)O. The summed E-state index contributed by atoms with van der Waals surface area (Å²) in [6.45, 7) is 1.02. The number of nitrogen functional groups attached to an aromatic ring is 1. The highest BCUT2D eigenvalue weighted by Crippen LogP contribution is 2.20. The summed E-state index contributed by atoms with van der Waals surface area (Å²) >= 11 is 0. The summed E-state index contributed by atoms with van der Waals surface area (Å²) in [5, 5.41) is 8.87. The average Bonchev–Trinajstić information content (AvgIpc) is 2.47. The number of ether oxygens (including phenoxy) is 2. The topological polar surface area (TPSA) is 81.8 Å². The summed E-state index contributed by atoms with van der Waals surface area (Å²) in [4.78, 5) is 10.8. The van der Waals surface area contributed by atoms with Gasteiger partial charge in [0, 0.05) is 18.2 Å². The molecule has 2 rings (SSSR count). The Morgan fingerprint density at radius 2 is 1.67 bits per heavy atom. The summed E-state index contributed by atoms with van der Waals surface area (Å²) < 4.78 is 11.0. The second kappa shape index (κ2) is 7.19. The van der Waals surface area contributed by atoms with Gasteiger partial charge >= 0.3 is 5.97 Å². The molecule has 5 heteroatoms. The number of para-hydroxylation sites is 1. The van der Waals surface area contributed by atoms with Gasteiger partial charge in [-0.1, -0.05) is 18.2 Å². The molecule has 0 aromatic heterocycles. The molecule has 0 fully saturated rings. The van der Waals surface area contributed by atoms with E-state index in [0.717, 1.165) is 12.2 Å². The number of hydrogen-bond donors (Lipinski definition) is 2. The number of nitrogens with two attached hydrogens (primary N) is 1. The molecule has 0 aliphatic rings. The van der Waals surface area contributed by atoms with Crippen LogP contribution < -0.4 is 15.2 Å². The number of carboxylic acid groups (broad SMARTS) is 1. The number of carbonyl (C=O) groups is 1. The number of anilines is 1. The number of hydrogen-bond acceptors (Lipinski definition) is 4. The lowest BCUT2D eigenvalue weighted by Gasteiger charge is -2.09. The predicted molar refractivity (Wildman–Crippen MR) is 79.9 cm³/mol. The first-order chi connectivity index (χ1) is 10.2. The molecule has 2 aromatic rings. The van der Waals surface area contributed by atoms with Crippen molar-refractivity contribution in [2.24, 2.45) is 0 Å². The van der Waals surface area contributed by atoms with Gasteiger partial charge in [-0.3, -0.25) is 0 Å². The van der Waals surface area contributed by atoms with Crippen LogP contribution in [0, 0.1) is 0 Å². The third-order valence-corrected chi connectivity index (χ3v) is 2.82. The molecule has 2 aromatic carbocycles. The molecule has 5 nitrogen and oxygen atoms in total. The van der Waals surface area contributed by atoms with Gasteiger partial charge < -0.3 is 20.3 Å². The van der Waals surface area contributed by atoms with E-state index in [1.165, 1.54) is 12.1 Å². The molecule has 0 saturated heterocycles.